The van der Waals surface area contributed by atoms with Crippen LogP contribution in [0.3, 0.4) is 0 Å². The van der Waals surface area contributed by atoms with Crippen molar-refractivity contribution in [1.29, 1.82) is 0 Å². The molecule has 0 heterocycles. The van der Waals surface area contributed by atoms with Gasteiger partial charge >= 0.3 is 0 Å². The molecule has 1 aromatic rings. The van der Waals surface area contributed by atoms with Crippen molar-refractivity contribution in [3.05, 3.63) is 23.8 Å². The largest absolute Gasteiger partial charge is 0.504 e. The lowest BCUT2D eigenvalue weighted by Crippen LogP contribution is -2.42. The van der Waals surface area contributed by atoms with E-state index in [9.17, 15) is 9.90 Å². The number of hydrogen-bond donors (Lipinski definition) is 4. The van der Waals surface area contributed by atoms with Gasteiger partial charge in [-0.25, -0.2) is 0 Å². The van der Waals surface area contributed by atoms with E-state index in [4.69, 9.17) is 17.3 Å². The van der Waals surface area contributed by atoms with Crippen molar-refractivity contribution in [2.75, 3.05) is 6.54 Å². The van der Waals surface area contributed by atoms with E-state index in [1.165, 1.54) is 12.1 Å². The van der Waals surface area contributed by atoms with Gasteiger partial charge in [0.1, 0.15) is 0 Å². The molecule has 0 bridgehead atoms. The molecule has 1 aromatic carbocycles. The summed E-state index contributed by atoms with van der Waals surface area (Å²) in [5, 5.41) is 21.1. The molecule has 18 heavy (non-hydrogen) atoms. The Hall–Kier alpha value is -2.19. The molecule has 0 aromatic heterocycles. The van der Waals surface area contributed by atoms with Crippen LogP contribution in [0.25, 0.3) is 0 Å². The van der Waals surface area contributed by atoms with Crippen molar-refractivity contribution in [1.82, 2.24) is 5.32 Å². The predicted molar refractivity (Wildman–Crippen MR) is 67.9 cm³/mol. The molecular weight excluding hydrogens is 232 g/mol. The molecule has 5 nitrogen and oxygen atoms in total. The Bertz CT molecular complexity index is 466. The molecule has 0 unspecified atom stereocenters. The minimum absolute atomic E-state index is 0.203. The second kappa shape index (κ2) is 6.52. The molecular formula is C13H16N2O3. The van der Waals surface area contributed by atoms with E-state index in [2.05, 4.69) is 11.2 Å². The first-order chi connectivity index (χ1) is 8.54. The highest BCUT2D eigenvalue weighted by atomic mass is 16.3. The zero-order valence-electron chi connectivity index (χ0n) is 9.89. The second-order valence-corrected chi connectivity index (χ2v) is 3.88. The molecule has 0 spiro atoms. The van der Waals surface area contributed by atoms with Crippen molar-refractivity contribution >= 4 is 5.91 Å². The number of benzene rings is 1. The van der Waals surface area contributed by atoms with Gasteiger partial charge in [-0.1, -0.05) is 6.07 Å². The molecule has 5 heteroatoms. The summed E-state index contributed by atoms with van der Waals surface area (Å²) in [4.78, 5) is 11.6. The minimum atomic E-state index is -0.716. The van der Waals surface area contributed by atoms with Crippen molar-refractivity contribution in [2.45, 2.75) is 18.9 Å². The summed E-state index contributed by atoms with van der Waals surface area (Å²) in [7, 11) is 0. The highest BCUT2D eigenvalue weighted by molar-refractivity contribution is 5.81. The summed E-state index contributed by atoms with van der Waals surface area (Å²) in [5.41, 5.74) is 6.38. The standard InChI is InChI=1S/C13H16N2O3/c1-2-3-6-15-13(18)10(14)7-9-4-5-11(16)12(17)8-9/h1,4-5,8,10,16-17H,3,6-7,14H2,(H,15,18)/t10-/m0/s1. The Morgan fingerprint density at radius 3 is 2.78 bits per heavy atom. The SMILES string of the molecule is C#CCCNC(=O)[C@@H](N)Cc1ccc(O)c(O)c1. The average Bonchev–Trinajstić information content (AvgIpc) is 2.34. The normalized spacial score (nSPS) is 11.6. The third-order valence-electron chi connectivity index (χ3n) is 2.40. The van der Waals surface area contributed by atoms with Crippen LogP contribution in [0.2, 0.25) is 0 Å². The zero-order chi connectivity index (χ0) is 13.5. The quantitative estimate of drug-likeness (QED) is 0.338. The molecule has 0 aliphatic carbocycles. The summed E-state index contributed by atoms with van der Waals surface area (Å²) in [6, 6.07) is 3.62. The average molecular weight is 248 g/mol. The molecule has 1 rings (SSSR count). The maximum atomic E-state index is 11.6. The van der Waals surface area contributed by atoms with Crippen LogP contribution >= 0.6 is 0 Å². The fourth-order valence-corrected chi connectivity index (χ4v) is 1.43. The van der Waals surface area contributed by atoms with Crippen molar-refractivity contribution in [2.24, 2.45) is 5.73 Å². The predicted octanol–water partition coefficient (Wildman–Crippen LogP) is 0.107. The Kier molecular flexibility index (Phi) is 5.03. The van der Waals surface area contributed by atoms with Gasteiger partial charge in [-0.05, 0) is 24.1 Å². The third-order valence-corrected chi connectivity index (χ3v) is 2.40. The lowest BCUT2D eigenvalue weighted by molar-refractivity contribution is -0.122. The fraction of sp³-hybridized carbons (Fsp3) is 0.308. The Morgan fingerprint density at radius 1 is 1.44 bits per heavy atom. The van der Waals surface area contributed by atoms with Crippen molar-refractivity contribution < 1.29 is 15.0 Å². The number of nitrogens with two attached hydrogens (primary N) is 1. The molecule has 5 N–H and O–H groups in total. The van der Waals surface area contributed by atoms with Crippen molar-refractivity contribution in [3.63, 3.8) is 0 Å². The van der Waals surface area contributed by atoms with Gasteiger partial charge in [0.05, 0.1) is 6.04 Å². The maximum Gasteiger partial charge on any atom is 0.237 e. The van der Waals surface area contributed by atoms with E-state index in [1.807, 2.05) is 0 Å². The van der Waals surface area contributed by atoms with E-state index in [1.54, 1.807) is 6.07 Å². The lowest BCUT2D eigenvalue weighted by atomic mass is 10.1. The third kappa shape index (κ3) is 4.00. The van der Waals surface area contributed by atoms with E-state index < -0.39 is 6.04 Å². The lowest BCUT2D eigenvalue weighted by Gasteiger charge is -2.12. The molecule has 0 saturated carbocycles. The Balaban J connectivity index is 2.53. The molecule has 0 aliphatic heterocycles. The molecule has 0 aliphatic rings. The van der Waals surface area contributed by atoms with Crippen LogP contribution in [0.5, 0.6) is 11.5 Å². The Labute approximate surface area is 106 Å². The number of phenolic OH excluding ortho intramolecular Hbond substituents is 2. The number of hydrogen-bond acceptors (Lipinski definition) is 4. The highest BCUT2D eigenvalue weighted by Crippen LogP contribution is 2.25. The summed E-state index contributed by atoms with van der Waals surface area (Å²) in [5.74, 6) is 1.68. The second-order valence-electron chi connectivity index (χ2n) is 3.88. The van der Waals surface area contributed by atoms with Crippen molar-refractivity contribution in [3.8, 4) is 23.8 Å². The fourth-order valence-electron chi connectivity index (χ4n) is 1.43. The number of aromatic hydroxyl groups is 2. The molecule has 96 valence electrons. The van der Waals surface area contributed by atoms with Gasteiger partial charge in [0.15, 0.2) is 11.5 Å². The maximum absolute atomic E-state index is 11.6. The van der Waals surface area contributed by atoms with Gasteiger partial charge in [-0.3, -0.25) is 4.79 Å². The number of rotatable bonds is 5. The van der Waals surface area contributed by atoms with Gasteiger partial charge in [0.2, 0.25) is 5.91 Å². The summed E-state index contributed by atoms with van der Waals surface area (Å²) in [6.07, 6.45) is 5.79. The monoisotopic (exact) mass is 248 g/mol. The summed E-state index contributed by atoms with van der Waals surface area (Å²) in [6.45, 7) is 0.393. The molecule has 0 fully saturated rings. The highest BCUT2D eigenvalue weighted by Gasteiger charge is 2.14. The van der Waals surface area contributed by atoms with Crippen LogP contribution in [0.1, 0.15) is 12.0 Å². The van der Waals surface area contributed by atoms with E-state index in [0.717, 1.165) is 0 Å². The summed E-state index contributed by atoms with van der Waals surface area (Å²) < 4.78 is 0. The number of carbonyl (C=O) groups is 1. The summed E-state index contributed by atoms with van der Waals surface area (Å²) >= 11 is 0. The van der Waals surface area contributed by atoms with Crippen LogP contribution in [0.15, 0.2) is 18.2 Å². The first-order valence-electron chi connectivity index (χ1n) is 5.52. The number of nitrogens with one attached hydrogen (secondary N) is 1. The molecule has 1 atom stereocenters. The number of carbonyl (C=O) groups excluding carboxylic acids is 1. The Morgan fingerprint density at radius 2 is 2.17 bits per heavy atom. The van der Waals surface area contributed by atoms with E-state index in [0.29, 0.717) is 18.5 Å². The van der Waals surface area contributed by atoms with Gasteiger partial charge in [-0.2, -0.15) is 0 Å². The van der Waals surface area contributed by atoms with Crippen LogP contribution in [0.4, 0.5) is 0 Å². The first-order valence-corrected chi connectivity index (χ1v) is 5.52. The topological polar surface area (TPSA) is 95.6 Å². The van der Waals surface area contributed by atoms with Crippen LogP contribution in [-0.2, 0) is 11.2 Å². The molecule has 0 saturated heterocycles. The van der Waals surface area contributed by atoms with E-state index in [-0.39, 0.29) is 23.8 Å². The molecule has 0 radical (unpaired) electrons. The number of amides is 1. The zero-order valence-corrected chi connectivity index (χ0v) is 9.89. The van der Waals surface area contributed by atoms with Gasteiger partial charge in [0.25, 0.3) is 0 Å². The number of terminal acetylenes is 1. The van der Waals surface area contributed by atoms with Gasteiger partial charge in [0, 0.05) is 13.0 Å². The van der Waals surface area contributed by atoms with Crippen LogP contribution in [0, 0.1) is 12.3 Å². The first kappa shape index (κ1) is 13.9. The van der Waals surface area contributed by atoms with E-state index >= 15 is 0 Å². The minimum Gasteiger partial charge on any atom is -0.504 e. The van der Waals surface area contributed by atoms with Crippen LogP contribution < -0.4 is 11.1 Å². The number of phenols is 2. The van der Waals surface area contributed by atoms with Gasteiger partial charge < -0.3 is 21.3 Å². The van der Waals surface area contributed by atoms with Crippen LogP contribution in [-0.4, -0.2) is 28.7 Å². The molecule has 1 amide bonds. The van der Waals surface area contributed by atoms with Gasteiger partial charge in [-0.15, -0.1) is 12.3 Å². The smallest absolute Gasteiger partial charge is 0.237 e.